The van der Waals surface area contributed by atoms with Crippen LogP contribution < -0.4 is 4.72 Å². The molecule has 1 heterocycles. The summed E-state index contributed by atoms with van der Waals surface area (Å²) in [5.41, 5.74) is 3.64. The SMILES string of the molecule is CCS(=O)(=O)N1N=C(c2cccc(NS(C)(=O)=O)c2)C[C@@H]1c1ccc(C)cc1. The maximum Gasteiger partial charge on any atom is 0.250 e. The van der Waals surface area contributed by atoms with Gasteiger partial charge in [0.1, 0.15) is 0 Å². The number of rotatable bonds is 6. The highest BCUT2D eigenvalue weighted by Gasteiger charge is 2.35. The number of hydrogen-bond donors (Lipinski definition) is 1. The smallest absolute Gasteiger partial charge is 0.250 e. The molecule has 9 heteroatoms. The van der Waals surface area contributed by atoms with Gasteiger partial charge in [-0.3, -0.25) is 4.72 Å². The Morgan fingerprint density at radius 2 is 1.79 bits per heavy atom. The van der Waals surface area contributed by atoms with Gasteiger partial charge in [-0.15, -0.1) is 0 Å². The quantitative estimate of drug-likeness (QED) is 0.776. The Morgan fingerprint density at radius 1 is 1.11 bits per heavy atom. The molecule has 1 N–H and O–H groups in total. The molecule has 150 valence electrons. The summed E-state index contributed by atoms with van der Waals surface area (Å²) < 4.78 is 51.8. The number of nitrogens with one attached hydrogen (secondary N) is 1. The molecule has 2 aromatic rings. The van der Waals surface area contributed by atoms with E-state index in [2.05, 4.69) is 9.82 Å². The minimum absolute atomic E-state index is 0.0538. The average Bonchev–Trinajstić information content (AvgIpc) is 3.07. The number of hydrogen-bond acceptors (Lipinski definition) is 5. The number of sulfonamides is 2. The van der Waals surface area contributed by atoms with E-state index in [4.69, 9.17) is 0 Å². The van der Waals surface area contributed by atoms with Gasteiger partial charge >= 0.3 is 0 Å². The second-order valence-corrected chi connectivity index (χ2v) is 10.7. The largest absolute Gasteiger partial charge is 0.284 e. The zero-order chi connectivity index (χ0) is 20.5. The Balaban J connectivity index is 1.99. The topological polar surface area (TPSA) is 95.9 Å². The summed E-state index contributed by atoms with van der Waals surface area (Å²) >= 11 is 0. The van der Waals surface area contributed by atoms with Crippen LogP contribution in [0, 0.1) is 6.92 Å². The lowest BCUT2D eigenvalue weighted by molar-refractivity contribution is 0.372. The molecule has 0 aromatic heterocycles. The Hall–Kier alpha value is -2.39. The number of nitrogens with zero attached hydrogens (tertiary/aromatic N) is 2. The Bertz CT molecular complexity index is 1110. The molecular formula is C19H23N3O4S2. The molecule has 0 saturated heterocycles. The summed E-state index contributed by atoms with van der Waals surface area (Å²) in [5, 5.41) is 4.40. The monoisotopic (exact) mass is 421 g/mol. The molecule has 0 aliphatic carbocycles. The lowest BCUT2D eigenvalue weighted by Crippen LogP contribution is -2.28. The van der Waals surface area contributed by atoms with Crippen molar-refractivity contribution in [3.05, 3.63) is 65.2 Å². The predicted molar refractivity (Wildman–Crippen MR) is 111 cm³/mol. The third-order valence-corrected chi connectivity index (χ3v) is 6.73. The average molecular weight is 422 g/mol. The molecule has 0 unspecified atom stereocenters. The minimum Gasteiger partial charge on any atom is -0.284 e. The molecule has 2 aromatic carbocycles. The van der Waals surface area contributed by atoms with Gasteiger partial charge in [0.25, 0.3) is 0 Å². The normalized spacial score (nSPS) is 17.5. The summed E-state index contributed by atoms with van der Waals surface area (Å²) in [5.74, 6) is -0.0538. The van der Waals surface area contributed by atoms with Crippen LogP contribution in [0.4, 0.5) is 5.69 Å². The first kappa shape index (κ1) is 20.3. The first-order valence-corrected chi connectivity index (χ1v) is 12.3. The molecule has 7 nitrogen and oxygen atoms in total. The number of aryl methyl sites for hydroxylation is 1. The molecule has 0 saturated carbocycles. The maximum atomic E-state index is 12.6. The van der Waals surface area contributed by atoms with Crippen LogP contribution in [-0.2, 0) is 20.0 Å². The van der Waals surface area contributed by atoms with E-state index in [0.717, 1.165) is 17.4 Å². The van der Waals surface area contributed by atoms with Gasteiger partial charge in [-0.05, 0) is 37.1 Å². The van der Waals surface area contributed by atoms with Crippen molar-refractivity contribution < 1.29 is 16.8 Å². The van der Waals surface area contributed by atoms with Gasteiger partial charge in [0.05, 0.1) is 23.8 Å². The Kier molecular flexibility index (Phi) is 5.49. The summed E-state index contributed by atoms with van der Waals surface area (Å²) in [4.78, 5) is 0. The number of benzene rings is 2. The zero-order valence-corrected chi connectivity index (χ0v) is 17.6. The lowest BCUT2D eigenvalue weighted by Gasteiger charge is -2.22. The fourth-order valence-corrected chi connectivity index (χ4v) is 4.69. The van der Waals surface area contributed by atoms with E-state index in [-0.39, 0.29) is 5.75 Å². The van der Waals surface area contributed by atoms with Crippen molar-refractivity contribution in [3.63, 3.8) is 0 Å². The fraction of sp³-hybridized carbons (Fsp3) is 0.316. The van der Waals surface area contributed by atoms with Crippen LogP contribution in [-0.4, -0.2) is 39.0 Å². The van der Waals surface area contributed by atoms with Crippen LogP contribution in [0.2, 0.25) is 0 Å². The van der Waals surface area contributed by atoms with Crippen molar-refractivity contribution in [1.29, 1.82) is 0 Å². The second kappa shape index (κ2) is 7.56. The minimum atomic E-state index is -3.55. The molecule has 0 fully saturated rings. The van der Waals surface area contributed by atoms with Gasteiger partial charge in [0.2, 0.25) is 20.0 Å². The number of anilines is 1. The molecule has 1 aliphatic heterocycles. The standard InChI is InChI=1S/C19H23N3O4S2/c1-4-28(25,26)22-19(15-10-8-14(2)9-11-15)13-18(20-22)16-6-5-7-17(12-16)21-27(3,23)24/h5-12,19,21H,4,13H2,1-3H3/t19-/m1/s1. The fourth-order valence-electron chi connectivity index (χ4n) is 3.06. The van der Waals surface area contributed by atoms with Crippen molar-refractivity contribution >= 4 is 31.4 Å². The van der Waals surface area contributed by atoms with Crippen LogP contribution >= 0.6 is 0 Å². The van der Waals surface area contributed by atoms with Crippen molar-refractivity contribution in [1.82, 2.24) is 4.41 Å². The Labute approximate surface area is 166 Å². The molecular weight excluding hydrogens is 398 g/mol. The highest BCUT2D eigenvalue weighted by atomic mass is 32.2. The van der Waals surface area contributed by atoms with Gasteiger partial charge in [0.15, 0.2) is 0 Å². The third-order valence-electron chi connectivity index (χ3n) is 4.48. The first-order valence-electron chi connectivity index (χ1n) is 8.83. The van der Waals surface area contributed by atoms with E-state index in [1.807, 2.05) is 31.2 Å². The molecule has 0 radical (unpaired) electrons. The highest BCUT2D eigenvalue weighted by Crippen LogP contribution is 2.35. The van der Waals surface area contributed by atoms with Gasteiger partial charge < -0.3 is 0 Å². The molecule has 1 aliphatic rings. The van der Waals surface area contributed by atoms with Gasteiger partial charge in [-0.1, -0.05) is 42.0 Å². The summed E-state index contributed by atoms with van der Waals surface area (Å²) in [6.07, 6.45) is 1.49. The van der Waals surface area contributed by atoms with Gasteiger partial charge in [-0.2, -0.15) is 9.52 Å². The second-order valence-electron chi connectivity index (χ2n) is 6.81. The van der Waals surface area contributed by atoms with E-state index in [1.54, 1.807) is 31.2 Å². The van der Waals surface area contributed by atoms with E-state index < -0.39 is 26.1 Å². The molecule has 0 amide bonds. The van der Waals surface area contributed by atoms with Crippen LogP contribution in [0.3, 0.4) is 0 Å². The van der Waals surface area contributed by atoms with E-state index in [1.165, 1.54) is 4.41 Å². The Morgan fingerprint density at radius 3 is 2.39 bits per heavy atom. The van der Waals surface area contributed by atoms with Crippen molar-refractivity contribution in [2.24, 2.45) is 5.10 Å². The van der Waals surface area contributed by atoms with Crippen LogP contribution in [0.15, 0.2) is 53.6 Å². The van der Waals surface area contributed by atoms with Crippen LogP contribution in [0.5, 0.6) is 0 Å². The maximum absolute atomic E-state index is 12.6. The lowest BCUT2D eigenvalue weighted by atomic mass is 9.98. The van der Waals surface area contributed by atoms with E-state index in [9.17, 15) is 16.8 Å². The van der Waals surface area contributed by atoms with Crippen molar-refractivity contribution in [2.45, 2.75) is 26.3 Å². The predicted octanol–water partition coefficient (Wildman–Crippen LogP) is 2.87. The van der Waals surface area contributed by atoms with Crippen LogP contribution in [0.25, 0.3) is 0 Å². The van der Waals surface area contributed by atoms with Gasteiger partial charge in [-0.25, -0.2) is 16.8 Å². The highest BCUT2D eigenvalue weighted by molar-refractivity contribution is 7.92. The van der Waals surface area contributed by atoms with Crippen LogP contribution in [0.1, 0.15) is 36.1 Å². The van der Waals surface area contributed by atoms with Crippen molar-refractivity contribution in [2.75, 3.05) is 16.7 Å². The molecule has 1 atom stereocenters. The van der Waals surface area contributed by atoms with E-state index in [0.29, 0.717) is 23.4 Å². The van der Waals surface area contributed by atoms with Crippen molar-refractivity contribution in [3.8, 4) is 0 Å². The molecule has 0 spiro atoms. The third kappa shape index (κ3) is 4.53. The van der Waals surface area contributed by atoms with E-state index >= 15 is 0 Å². The molecule has 0 bridgehead atoms. The summed E-state index contributed by atoms with van der Waals surface area (Å²) in [6, 6.07) is 14.1. The zero-order valence-electron chi connectivity index (χ0n) is 16.0. The van der Waals surface area contributed by atoms with Gasteiger partial charge in [0, 0.05) is 12.1 Å². The summed E-state index contributed by atoms with van der Waals surface area (Å²) in [6.45, 7) is 3.56. The summed E-state index contributed by atoms with van der Waals surface area (Å²) in [7, 11) is -6.96. The first-order chi connectivity index (χ1) is 13.1. The molecule has 3 rings (SSSR count). The number of hydrazone groups is 1. The molecule has 28 heavy (non-hydrogen) atoms.